The normalized spacial score (nSPS) is 21.4. The highest BCUT2D eigenvalue weighted by molar-refractivity contribution is 5.86. The summed E-state index contributed by atoms with van der Waals surface area (Å²) < 4.78 is 33.3. The summed E-state index contributed by atoms with van der Waals surface area (Å²) in [6, 6.07) is 4.36. The summed E-state index contributed by atoms with van der Waals surface area (Å²) in [6.07, 6.45) is 1.65. The van der Waals surface area contributed by atoms with Gasteiger partial charge in [-0.2, -0.15) is 8.78 Å². The number of rotatable bonds is 5. The van der Waals surface area contributed by atoms with Gasteiger partial charge in [0.25, 0.3) is 5.91 Å². The fourth-order valence-electron chi connectivity index (χ4n) is 2.66. The molecule has 3 N–H and O–H groups in total. The largest absolute Gasteiger partial charge is 0.497 e. The summed E-state index contributed by atoms with van der Waals surface area (Å²) >= 11 is 0. The van der Waals surface area contributed by atoms with Crippen LogP contribution in [-0.2, 0) is 15.5 Å². The second-order valence-corrected chi connectivity index (χ2v) is 5.32. The molecular formula is C15H18F2N2O3. The van der Waals surface area contributed by atoms with E-state index in [1.807, 2.05) is 0 Å². The lowest BCUT2D eigenvalue weighted by Gasteiger charge is -2.22. The topological polar surface area (TPSA) is 81.4 Å². The van der Waals surface area contributed by atoms with E-state index in [4.69, 9.17) is 10.5 Å². The molecule has 1 aromatic rings. The van der Waals surface area contributed by atoms with Gasteiger partial charge in [-0.05, 0) is 37.1 Å². The van der Waals surface area contributed by atoms with Crippen molar-refractivity contribution in [1.29, 1.82) is 0 Å². The Balaban J connectivity index is 2.11. The number of halogens is 2. The van der Waals surface area contributed by atoms with Crippen molar-refractivity contribution in [2.75, 3.05) is 7.11 Å². The van der Waals surface area contributed by atoms with Gasteiger partial charge in [0.1, 0.15) is 5.75 Å². The summed E-state index contributed by atoms with van der Waals surface area (Å²) in [5.74, 6) is -5.84. The van der Waals surface area contributed by atoms with Crippen LogP contribution in [0.25, 0.3) is 0 Å². The lowest BCUT2D eigenvalue weighted by atomic mass is 10.0. The monoisotopic (exact) mass is 312 g/mol. The number of methoxy groups -OCH3 is 1. The maximum atomic E-state index is 14.2. The average molecular weight is 312 g/mol. The summed E-state index contributed by atoms with van der Waals surface area (Å²) in [5, 5.41) is 2.26. The highest BCUT2D eigenvalue weighted by Crippen LogP contribution is 2.32. The first-order valence-electron chi connectivity index (χ1n) is 6.99. The number of carbonyl (C=O) groups is 2. The molecule has 1 fully saturated rings. The van der Waals surface area contributed by atoms with Crippen LogP contribution in [0.4, 0.5) is 8.78 Å². The number of carbonyl (C=O) groups excluding carboxylic acids is 2. The molecule has 0 radical (unpaired) electrons. The van der Waals surface area contributed by atoms with Gasteiger partial charge in [0.15, 0.2) is 0 Å². The summed E-state index contributed by atoms with van der Waals surface area (Å²) in [4.78, 5) is 23.2. The number of amides is 2. The van der Waals surface area contributed by atoms with Crippen LogP contribution in [0, 0.1) is 5.92 Å². The minimum Gasteiger partial charge on any atom is -0.497 e. The quantitative estimate of drug-likeness (QED) is 0.865. The molecule has 5 nitrogen and oxygen atoms in total. The third-order valence-corrected chi connectivity index (χ3v) is 3.94. The molecule has 22 heavy (non-hydrogen) atoms. The van der Waals surface area contributed by atoms with E-state index in [-0.39, 0.29) is 0 Å². The third kappa shape index (κ3) is 3.18. The zero-order valence-electron chi connectivity index (χ0n) is 12.1. The van der Waals surface area contributed by atoms with Gasteiger partial charge in [0, 0.05) is 11.6 Å². The molecule has 0 aromatic heterocycles. The Hall–Kier alpha value is -2.18. The Bertz CT molecular complexity index is 560. The number of primary amides is 1. The smallest absolute Gasteiger partial charge is 0.349 e. The number of ether oxygens (including phenoxy) is 1. The second kappa shape index (κ2) is 6.29. The molecule has 0 bridgehead atoms. The minimum atomic E-state index is -3.68. The number of hydrogen-bond acceptors (Lipinski definition) is 3. The van der Waals surface area contributed by atoms with Gasteiger partial charge >= 0.3 is 5.92 Å². The second-order valence-electron chi connectivity index (χ2n) is 5.32. The molecule has 0 spiro atoms. The maximum Gasteiger partial charge on any atom is 0.349 e. The van der Waals surface area contributed by atoms with Crippen LogP contribution >= 0.6 is 0 Å². The van der Waals surface area contributed by atoms with E-state index >= 15 is 0 Å². The van der Waals surface area contributed by atoms with Gasteiger partial charge in [-0.15, -0.1) is 0 Å². The fraction of sp³-hybridized carbons (Fsp3) is 0.467. The average Bonchev–Trinajstić information content (AvgIpc) is 2.95. The molecular weight excluding hydrogens is 294 g/mol. The molecule has 2 atom stereocenters. The van der Waals surface area contributed by atoms with Gasteiger partial charge in [0.2, 0.25) is 5.91 Å². The zero-order chi connectivity index (χ0) is 16.3. The van der Waals surface area contributed by atoms with Crippen LogP contribution in [0.15, 0.2) is 24.3 Å². The van der Waals surface area contributed by atoms with Gasteiger partial charge in [0.05, 0.1) is 13.0 Å². The van der Waals surface area contributed by atoms with E-state index < -0.39 is 35.3 Å². The van der Waals surface area contributed by atoms with E-state index in [9.17, 15) is 18.4 Å². The van der Waals surface area contributed by atoms with Crippen molar-refractivity contribution >= 4 is 11.8 Å². The lowest BCUT2D eigenvalue weighted by molar-refractivity contribution is -0.148. The summed E-state index contributed by atoms with van der Waals surface area (Å²) in [5.41, 5.74) is 4.79. The zero-order valence-corrected chi connectivity index (χ0v) is 12.1. The first kappa shape index (κ1) is 16.2. The molecule has 1 aromatic carbocycles. The SMILES string of the molecule is COc1ccc(C(F)(F)C(=O)NC2CCCC2C(N)=O)cc1. The van der Waals surface area contributed by atoms with Crippen molar-refractivity contribution in [3.63, 3.8) is 0 Å². The molecule has 2 rings (SSSR count). The Morgan fingerprint density at radius 2 is 1.91 bits per heavy atom. The maximum absolute atomic E-state index is 14.2. The van der Waals surface area contributed by atoms with Crippen LogP contribution < -0.4 is 15.8 Å². The number of benzene rings is 1. The molecule has 0 aliphatic heterocycles. The van der Waals surface area contributed by atoms with E-state index in [0.717, 1.165) is 12.1 Å². The van der Waals surface area contributed by atoms with Crippen LogP contribution in [0.5, 0.6) is 5.75 Å². The Morgan fingerprint density at radius 1 is 1.27 bits per heavy atom. The van der Waals surface area contributed by atoms with E-state index in [0.29, 0.717) is 25.0 Å². The number of nitrogens with two attached hydrogens (primary N) is 1. The third-order valence-electron chi connectivity index (χ3n) is 3.94. The molecule has 1 aliphatic carbocycles. The van der Waals surface area contributed by atoms with E-state index in [1.165, 1.54) is 19.2 Å². The molecule has 120 valence electrons. The molecule has 0 heterocycles. The van der Waals surface area contributed by atoms with E-state index in [1.54, 1.807) is 0 Å². The number of hydrogen-bond donors (Lipinski definition) is 2. The number of nitrogens with one attached hydrogen (secondary N) is 1. The molecule has 1 aliphatic rings. The van der Waals surface area contributed by atoms with Crippen molar-refractivity contribution in [2.24, 2.45) is 11.7 Å². The van der Waals surface area contributed by atoms with Crippen molar-refractivity contribution in [3.05, 3.63) is 29.8 Å². The lowest BCUT2D eigenvalue weighted by Crippen LogP contribution is -2.47. The van der Waals surface area contributed by atoms with Crippen LogP contribution in [0.3, 0.4) is 0 Å². The van der Waals surface area contributed by atoms with Crippen molar-refractivity contribution < 1.29 is 23.1 Å². The fourth-order valence-corrected chi connectivity index (χ4v) is 2.66. The highest BCUT2D eigenvalue weighted by Gasteiger charge is 2.43. The molecule has 1 saturated carbocycles. The van der Waals surface area contributed by atoms with Crippen molar-refractivity contribution in [2.45, 2.75) is 31.2 Å². The Kier molecular flexibility index (Phi) is 4.63. The van der Waals surface area contributed by atoms with Crippen molar-refractivity contribution in [1.82, 2.24) is 5.32 Å². The van der Waals surface area contributed by atoms with Crippen molar-refractivity contribution in [3.8, 4) is 5.75 Å². The van der Waals surface area contributed by atoms with E-state index in [2.05, 4.69) is 5.32 Å². The minimum absolute atomic E-state index is 0.421. The Labute approximate surface area is 126 Å². The number of alkyl halides is 2. The van der Waals surface area contributed by atoms with Gasteiger partial charge in [-0.25, -0.2) is 0 Å². The molecule has 2 unspecified atom stereocenters. The van der Waals surface area contributed by atoms with Gasteiger partial charge < -0.3 is 15.8 Å². The van der Waals surface area contributed by atoms with Crippen LogP contribution in [0.1, 0.15) is 24.8 Å². The molecule has 0 saturated heterocycles. The molecule has 2 amide bonds. The first-order valence-corrected chi connectivity index (χ1v) is 6.99. The van der Waals surface area contributed by atoms with Gasteiger partial charge in [-0.3, -0.25) is 9.59 Å². The Morgan fingerprint density at radius 3 is 2.45 bits per heavy atom. The predicted octanol–water partition coefficient (Wildman–Crippen LogP) is 1.56. The van der Waals surface area contributed by atoms with Crippen LogP contribution in [0.2, 0.25) is 0 Å². The summed E-state index contributed by atoms with van der Waals surface area (Å²) in [6.45, 7) is 0. The standard InChI is InChI=1S/C15H18F2N2O3/c1-22-10-7-5-9(6-8-10)15(16,17)14(21)19-12-4-2-3-11(12)13(18)20/h5-8,11-12H,2-4H2,1H3,(H2,18,20)(H,19,21). The predicted molar refractivity (Wildman–Crippen MR) is 75.4 cm³/mol. The highest BCUT2D eigenvalue weighted by atomic mass is 19.3. The summed E-state index contributed by atoms with van der Waals surface area (Å²) in [7, 11) is 1.42. The van der Waals surface area contributed by atoms with Crippen LogP contribution in [-0.4, -0.2) is 25.0 Å². The van der Waals surface area contributed by atoms with Gasteiger partial charge in [-0.1, -0.05) is 6.42 Å². The molecule has 7 heteroatoms. The first-order chi connectivity index (χ1) is 10.4.